The molecule has 0 saturated carbocycles. The largest absolute Gasteiger partial charge is 0.391 e. The van der Waals surface area contributed by atoms with Crippen LogP contribution in [-0.4, -0.2) is 35.1 Å². The van der Waals surface area contributed by atoms with E-state index >= 15 is 0 Å². The Morgan fingerprint density at radius 2 is 2.39 bits per heavy atom. The minimum absolute atomic E-state index is 0.0148. The van der Waals surface area contributed by atoms with Crippen molar-refractivity contribution >= 4 is 17.5 Å². The maximum atomic E-state index is 12.0. The molecule has 18 heavy (non-hydrogen) atoms. The molecule has 5 heteroatoms. The molecule has 1 aromatic rings. The molecule has 0 aromatic heterocycles. The van der Waals surface area contributed by atoms with Gasteiger partial charge in [0.05, 0.1) is 6.10 Å². The zero-order valence-corrected chi connectivity index (χ0v) is 10.8. The van der Waals surface area contributed by atoms with E-state index in [1.165, 1.54) is 0 Å². The van der Waals surface area contributed by atoms with Gasteiger partial charge in [-0.1, -0.05) is 23.7 Å². The smallest absolute Gasteiger partial charge is 0.224 e. The quantitative estimate of drug-likeness (QED) is 0.869. The van der Waals surface area contributed by atoms with E-state index in [0.29, 0.717) is 24.5 Å². The van der Waals surface area contributed by atoms with Crippen LogP contribution in [-0.2, 0) is 4.79 Å². The lowest BCUT2D eigenvalue weighted by atomic mass is 10.0. The van der Waals surface area contributed by atoms with Crippen molar-refractivity contribution in [1.82, 2.24) is 4.90 Å². The van der Waals surface area contributed by atoms with E-state index in [2.05, 4.69) is 0 Å². The van der Waals surface area contributed by atoms with Gasteiger partial charge in [-0.25, -0.2) is 0 Å². The number of nitrogens with zero attached hydrogens (tertiary/aromatic N) is 1. The van der Waals surface area contributed by atoms with Crippen LogP contribution in [0.25, 0.3) is 0 Å². The molecule has 4 nitrogen and oxygen atoms in total. The minimum Gasteiger partial charge on any atom is -0.391 e. The van der Waals surface area contributed by atoms with Crippen LogP contribution in [0.2, 0.25) is 5.02 Å². The zero-order chi connectivity index (χ0) is 13.1. The summed E-state index contributed by atoms with van der Waals surface area (Å²) in [5.74, 6) is -0.0148. The molecule has 1 heterocycles. The third kappa shape index (κ3) is 3.22. The molecule has 0 unspecified atom stereocenters. The Bertz CT molecular complexity index is 439. The van der Waals surface area contributed by atoms with E-state index in [4.69, 9.17) is 17.3 Å². The van der Waals surface area contributed by atoms with Crippen molar-refractivity contribution < 1.29 is 9.90 Å². The molecule has 1 aliphatic heterocycles. The molecular weight excluding hydrogens is 252 g/mol. The molecule has 1 fully saturated rings. The van der Waals surface area contributed by atoms with E-state index in [-0.39, 0.29) is 18.4 Å². The zero-order valence-electron chi connectivity index (χ0n) is 10.1. The molecule has 1 aromatic carbocycles. The van der Waals surface area contributed by atoms with Crippen LogP contribution >= 0.6 is 11.6 Å². The average molecular weight is 269 g/mol. The summed E-state index contributed by atoms with van der Waals surface area (Å²) >= 11 is 5.89. The van der Waals surface area contributed by atoms with E-state index in [0.717, 1.165) is 5.56 Å². The first-order valence-electron chi connectivity index (χ1n) is 6.03. The maximum Gasteiger partial charge on any atom is 0.224 e. The van der Waals surface area contributed by atoms with Crippen LogP contribution in [0, 0.1) is 0 Å². The molecule has 0 bridgehead atoms. The van der Waals surface area contributed by atoms with Gasteiger partial charge in [-0.15, -0.1) is 0 Å². The molecule has 98 valence electrons. The number of β-amino-alcohol motifs (C(OH)–C–C–N with tert-alkyl or cyclic N) is 1. The Kier molecular flexibility index (Phi) is 4.22. The van der Waals surface area contributed by atoms with E-state index in [1.54, 1.807) is 17.0 Å². The van der Waals surface area contributed by atoms with Gasteiger partial charge in [0, 0.05) is 30.6 Å². The second-order valence-electron chi connectivity index (χ2n) is 4.65. The lowest BCUT2D eigenvalue weighted by Crippen LogP contribution is -2.32. The summed E-state index contributed by atoms with van der Waals surface area (Å²) in [5, 5.41) is 10.0. The van der Waals surface area contributed by atoms with Crippen molar-refractivity contribution in [2.75, 3.05) is 13.1 Å². The highest BCUT2D eigenvalue weighted by molar-refractivity contribution is 6.30. The first-order chi connectivity index (χ1) is 8.56. The Morgan fingerprint density at radius 3 is 3.00 bits per heavy atom. The summed E-state index contributed by atoms with van der Waals surface area (Å²) in [6, 6.07) is 6.88. The van der Waals surface area contributed by atoms with E-state index < -0.39 is 6.10 Å². The number of rotatable bonds is 3. The number of carbonyl (C=O) groups is 1. The second-order valence-corrected chi connectivity index (χ2v) is 5.08. The summed E-state index contributed by atoms with van der Waals surface area (Å²) in [4.78, 5) is 13.6. The molecule has 2 rings (SSSR count). The fraction of sp³-hybridized carbons (Fsp3) is 0.462. The van der Waals surface area contributed by atoms with Crippen molar-refractivity contribution in [2.45, 2.75) is 25.0 Å². The molecule has 0 radical (unpaired) electrons. The van der Waals surface area contributed by atoms with Gasteiger partial charge in [0.1, 0.15) is 0 Å². The van der Waals surface area contributed by atoms with Gasteiger partial charge in [0.25, 0.3) is 0 Å². The van der Waals surface area contributed by atoms with Gasteiger partial charge in [-0.3, -0.25) is 4.79 Å². The highest BCUT2D eigenvalue weighted by Gasteiger charge is 2.25. The number of aliphatic hydroxyl groups is 1. The van der Waals surface area contributed by atoms with Gasteiger partial charge in [-0.2, -0.15) is 0 Å². The van der Waals surface area contributed by atoms with Gasteiger partial charge < -0.3 is 15.7 Å². The molecular formula is C13H17ClN2O2. The Balaban J connectivity index is 1.95. The lowest BCUT2D eigenvalue weighted by molar-refractivity contribution is -0.130. The number of hydrogen-bond donors (Lipinski definition) is 2. The van der Waals surface area contributed by atoms with Crippen LogP contribution < -0.4 is 5.73 Å². The van der Waals surface area contributed by atoms with Crippen LogP contribution in [0.5, 0.6) is 0 Å². The number of amides is 1. The molecule has 0 aliphatic carbocycles. The van der Waals surface area contributed by atoms with Crippen molar-refractivity contribution in [3.63, 3.8) is 0 Å². The number of halogens is 1. The summed E-state index contributed by atoms with van der Waals surface area (Å²) in [5.41, 5.74) is 6.86. The Morgan fingerprint density at radius 1 is 1.61 bits per heavy atom. The Hall–Kier alpha value is -1.10. The highest BCUT2D eigenvalue weighted by atomic mass is 35.5. The number of benzene rings is 1. The monoisotopic (exact) mass is 268 g/mol. The summed E-state index contributed by atoms with van der Waals surface area (Å²) in [6.45, 7) is 1.03. The van der Waals surface area contributed by atoms with Crippen LogP contribution in [0.15, 0.2) is 24.3 Å². The van der Waals surface area contributed by atoms with Gasteiger partial charge >= 0.3 is 0 Å². The lowest BCUT2D eigenvalue weighted by Gasteiger charge is -2.18. The molecule has 0 spiro atoms. The van der Waals surface area contributed by atoms with Gasteiger partial charge in [0.15, 0.2) is 0 Å². The van der Waals surface area contributed by atoms with Crippen molar-refractivity contribution in [1.29, 1.82) is 0 Å². The topological polar surface area (TPSA) is 66.6 Å². The van der Waals surface area contributed by atoms with Crippen molar-refractivity contribution in [3.8, 4) is 0 Å². The predicted octanol–water partition coefficient (Wildman–Crippen LogP) is 1.32. The van der Waals surface area contributed by atoms with Gasteiger partial charge in [0.2, 0.25) is 5.91 Å². The first-order valence-corrected chi connectivity index (χ1v) is 6.41. The van der Waals surface area contributed by atoms with Crippen LogP contribution in [0.3, 0.4) is 0 Å². The van der Waals surface area contributed by atoms with Crippen molar-refractivity contribution in [3.05, 3.63) is 34.9 Å². The number of hydrogen-bond acceptors (Lipinski definition) is 3. The SMILES string of the molecule is N[C@@H](CC(=O)N1CC[C@@H](O)C1)c1cccc(Cl)c1. The maximum absolute atomic E-state index is 12.0. The molecule has 1 amide bonds. The summed E-state index contributed by atoms with van der Waals surface area (Å²) in [6.07, 6.45) is 0.502. The molecule has 1 saturated heterocycles. The minimum atomic E-state index is -0.392. The van der Waals surface area contributed by atoms with E-state index in [1.807, 2.05) is 12.1 Å². The van der Waals surface area contributed by atoms with Gasteiger partial charge in [-0.05, 0) is 24.1 Å². The number of nitrogens with two attached hydrogens (primary N) is 1. The summed E-state index contributed by atoms with van der Waals surface area (Å²) < 4.78 is 0. The fourth-order valence-corrected chi connectivity index (χ4v) is 2.34. The number of aliphatic hydroxyl groups excluding tert-OH is 1. The van der Waals surface area contributed by atoms with Crippen LogP contribution in [0.1, 0.15) is 24.4 Å². The van der Waals surface area contributed by atoms with Crippen molar-refractivity contribution in [2.24, 2.45) is 5.73 Å². The average Bonchev–Trinajstić information content (AvgIpc) is 2.76. The third-order valence-corrected chi connectivity index (χ3v) is 3.42. The molecule has 2 atom stereocenters. The number of carbonyl (C=O) groups excluding carboxylic acids is 1. The Labute approximate surface area is 111 Å². The molecule has 1 aliphatic rings. The molecule has 3 N–H and O–H groups in total. The standard InChI is InChI=1S/C13H17ClN2O2/c14-10-3-1-2-9(6-10)12(15)7-13(18)16-5-4-11(17)8-16/h1-3,6,11-12,17H,4-5,7-8,15H2/t11-,12+/m1/s1. The number of likely N-dealkylation sites (tertiary alicyclic amines) is 1. The van der Waals surface area contributed by atoms with Crippen LogP contribution in [0.4, 0.5) is 0 Å². The predicted molar refractivity (Wildman–Crippen MR) is 70.2 cm³/mol. The first kappa shape index (κ1) is 13.3. The second kappa shape index (κ2) is 5.69. The normalized spacial score (nSPS) is 21.1. The third-order valence-electron chi connectivity index (χ3n) is 3.19. The van der Waals surface area contributed by atoms with E-state index in [9.17, 15) is 9.90 Å². The fourth-order valence-electron chi connectivity index (χ4n) is 2.14. The highest BCUT2D eigenvalue weighted by Crippen LogP contribution is 2.20. The summed E-state index contributed by atoms with van der Waals surface area (Å²) in [7, 11) is 0.